The van der Waals surface area contributed by atoms with Crippen molar-refractivity contribution in [2.45, 2.75) is 13.5 Å². The minimum Gasteiger partial charge on any atom is -0.465 e. The van der Waals surface area contributed by atoms with E-state index >= 15 is 0 Å². The zero-order chi connectivity index (χ0) is 15.5. The lowest BCUT2D eigenvalue weighted by atomic mass is 10.3. The van der Waals surface area contributed by atoms with Crippen LogP contribution in [-0.2, 0) is 16.1 Å². The third kappa shape index (κ3) is 2.78. The molecule has 6 nitrogen and oxygen atoms in total. The zero-order valence-corrected chi connectivity index (χ0v) is 12.6. The fraction of sp³-hybridized carbons (Fsp3) is 0.200. The molecule has 0 radical (unpaired) electrons. The molecule has 3 rings (SSSR count). The van der Waals surface area contributed by atoms with Crippen LogP contribution in [0.4, 0.5) is 0 Å². The molecule has 0 atom stereocenters. The van der Waals surface area contributed by atoms with Gasteiger partial charge in [-0.2, -0.15) is 0 Å². The van der Waals surface area contributed by atoms with Gasteiger partial charge in [0.1, 0.15) is 17.8 Å². The monoisotopic (exact) mass is 316 g/mol. The lowest BCUT2D eigenvalue weighted by Gasteiger charge is -2.07. The Hall–Kier alpha value is -2.47. The molecule has 112 valence electrons. The second-order valence-corrected chi connectivity index (χ2v) is 4.97. The van der Waals surface area contributed by atoms with Gasteiger partial charge in [0.05, 0.1) is 6.61 Å². The minimum atomic E-state index is -0.351. The quantitative estimate of drug-likeness (QED) is 0.692. The Morgan fingerprint density at radius 3 is 2.95 bits per heavy atom. The van der Waals surface area contributed by atoms with Crippen molar-refractivity contribution in [3.63, 3.8) is 0 Å². The lowest BCUT2D eigenvalue weighted by Crippen LogP contribution is -2.14. The van der Waals surface area contributed by atoms with Gasteiger partial charge in [0.15, 0.2) is 11.5 Å². The van der Waals surface area contributed by atoms with Crippen LogP contribution in [0.15, 0.2) is 36.7 Å². The summed E-state index contributed by atoms with van der Waals surface area (Å²) in [6.45, 7) is 2.11. The average molecular weight is 317 g/mol. The summed E-state index contributed by atoms with van der Waals surface area (Å²) in [6.07, 6.45) is 3.25. The first-order valence-electron chi connectivity index (χ1n) is 6.78. The van der Waals surface area contributed by atoms with Crippen LogP contribution in [0.25, 0.3) is 22.7 Å². The average Bonchev–Trinajstić information content (AvgIpc) is 2.86. The molecule has 0 fully saturated rings. The number of esters is 1. The predicted octanol–water partition coefficient (Wildman–Crippen LogP) is 2.71. The normalized spacial score (nSPS) is 10.8. The highest BCUT2D eigenvalue weighted by atomic mass is 35.5. The van der Waals surface area contributed by atoms with Gasteiger partial charge in [-0.1, -0.05) is 11.6 Å². The first kappa shape index (κ1) is 14.5. The molecule has 0 amide bonds. The number of rotatable bonds is 4. The fourth-order valence-corrected chi connectivity index (χ4v) is 2.33. The number of halogens is 1. The number of ether oxygens (including phenoxy) is 1. The van der Waals surface area contributed by atoms with Gasteiger partial charge in [0.2, 0.25) is 0 Å². The molecule has 0 aliphatic heterocycles. The topological polar surface area (TPSA) is 69.9 Å². The maximum atomic E-state index is 11.9. The largest absolute Gasteiger partial charge is 0.465 e. The summed E-state index contributed by atoms with van der Waals surface area (Å²) in [4.78, 5) is 24.9. The van der Waals surface area contributed by atoms with Crippen molar-refractivity contribution in [2.24, 2.45) is 0 Å². The predicted molar refractivity (Wildman–Crippen MR) is 82.4 cm³/mol. The van der Waals surface area contributed by atoms with E-state index in [9.17, 15) is 4.79 Å². The molecular weight excluding hydrogens is 304 g/mol. The Kier molecular flexibility index (Phi) is 4.02. The molecule has 0 unspecified atom stereocenters. The number of carbonyl (C=O) groups is 1. The van der Waals surface area contributed by atoms with E-state index in [2.05, 4.69) is 15.0 Å². The Morgan fingerprint density at radius 2 is 2.18 bits per heavy atom. The first-order chi connectivity index (χ1) is 10.7. The SMILES string of the molecule is CCOC(=O)Cn1c(-c2cc(Cl)ccn2)nc2cccnc21. The van der Waals surface area contributed by atoms with Gasteiger partial charge in [0.25, 0.3) is 0 Å². The van der Waals surface area contributed by atoms with E-state index in [1.54, 1.807) is 42.1 Å². The number of imidazole rings is 1. The summed E-state index contributed by atoms with van der Waals surface area (Å²) in [6, 6.07) is 7.00. The summed E-state index contributed by atoms with van der Waals surface area (Å²) in [7, 11) is 0. The van der Waals surface area contributed by atoms with Crippen molar-refractivity contribution in [1.29, 1.82) is 0 Å². The van der Waals surface area contributed by atoms with Crippen molar-refractivity contribution in [3.8, 4) is 11.5 Å². The van der Waals surface area contributed by atoms with Crippen LogP contribution < -0.4 is 0 Å². The van der Waals surface area contributed by atoms with Crippen molar-refractivity contribution < 1.29 is 9.53 Å². The highest BCUT2D eigenvalue weighted by Crippen LogP contribution is 2.24. The Bertz CT molecular complexity index is 831. The van der Waals surface area contributed by atoms with Gasteiger partial charge < -0.3 is 4.74 Å². The Morgan fingerprint density at radius 1 is 1.32 bits per heavy atom. The summed E-state index contributed by atoms with van der Waals surface area (Å²) in [5.41, 5.74) is 1.87. The summed E-state index contributed by atoms with van der Waals surface area (Å²) in [5.74, 6) is 0.181. The molecule has 3 aromatic rings. The van der Waals surface area contributed by atoms with Crippen LogP contribution in [0.2, 0.25) is 5.02 Å². The van der Waals surface area contributed by atoms with E-state index in [0.717, 1.165) is 0 Å². The fourth-order valence-electron chi connectivity index (χ4n) is 2.17. The van der Waals surface area contributed by atoms with E-state index < -0.39 is 0 Å². The van der Waals surface area contributed by atoms with E-state index in [4.69, 9.17) is 16.3 Å². The lowest BCUT2D eigenvalue weighted by molar-refractivity contribution is -0.143. The number of hydrogen-bond donors (Lipinski definition) is 0. The molecule has 0 aromatic carbocycles. The summed E-state index contributed by atoms with van der Waals surface area (Å²) < 4.78 is 6.70. The van der Waals surface area contributed by atoms with Gasteiger partial charge in [-0.05, 0) is 31.2 Å². The molecule has 3 aromatic heterocycles. The van der Waals surface area contributed by atoms with Gasteiger partial charge in [-0.25, -0.2) is 9.97 Å². The molecule has 0 saturated carbocycles. The third-order valence-corrected chi connectivity index (χ3v) is 3.28. The number of fused-ring (bicyclic) bond motifs is 1. The first-order valence-corrected chi connectivity index (χ1v) is 7.15. The molecule has 0 saturated heterocycles. The van der Waals surface area contributed by atoms with Crippen molar-refractivity contribution >= 4 is 28.7 Å². The van der Waals surface area contributed by atoms with Gasteiger partial charge in [-0.15, -0.1) is 0 Å². The minimum absolute atomic E-state index is 0.0187. The Labute approximate surface area is 131 Å². The van der Waals surface area contributed by atoms with Crippen LogP contribution in [0.5, 0.6) is 0 Å². The Balaban J connectivity index is 2.14. The molecule has 0 spiro atoms. The molecule has 22 heavy (non-hydrogen) atoms. The van der Waals surface area contributed by atoms with E-state index in [-0.39, 0.29) is 12.5 Å². The number of hydrogen-bond acceptors (Lipinski definition) is 5. The van der Waals surface area contributed by atoms with Crippen LogP contribution in [0, 0.1) is 0 Å². The van der Waals surface area contributed by atoms with E-state index in [1.807, 2.05) is 6.07 Å². The van der Waals surface area contributed by atoms with Gasteiger partial charge in [-0.3, -0.25) is 14.3 Å². The maximum Gasteiger partial charge on any atom is 0.326 e. The smallest absolute Gasteiger partial charge is 0.326 e. The highest BCUT2D eigenvalue weighted by Gasteiger charge is 2.17. The van der Waals surface area contributed by atoms with Gasteiger partial charge >= 0.3 is 5.97 Å². The summed E-state index contributed by atoms with van der Waals surface area (Å²) in [5, 5.41) is 0.549. The molecule has 0 N–H and O–H groups in total. The maximum absolute atomic E-state index is 11.9. The van der Waals surface area contributed by atoms with E-state index in [1.165, 1.54) is 0 Å². The second kappa shape index (κ2) is 6.11. The molecule has 7 heteroatoms. The standard InChI is InChI=1S/C15H13ClN4O2/c1-2-22-13(21)9-20-14-11(4-3-6-18-14)19-15(20)12-8-10(16)5-7-17-12/h3-8H,2,9H2,1H3. The van der Waals surface area contributed by atoms with Crippen LogP contribution >= 0.6 is 11.6 Å². The van der Waals surface area contributed by atoms with E-state index in [0.29, 0.717) is 34.3 Å². The van der Waals surface area contributed by atoms with Gasteiger partial charge in [0, 0.05) is 17.4 Å². The second-order valence-electron chi connectivity index (χ2n) is 4.53. The van der Waals surface area contributed by atoms with Crippen LogP contribution in [0.3, 0.4) is 0 Å². The zero-order valence-electron chi connectivity index (χ0n) is 11.9. The van der Waals surface area contributed by atoms with Crippen molar-refractivity contribution in [2.75, 3.05) is 6.61 Å². The van der Waals surface area contributed by atoms with Crippen molar-refractivity contribution in [1.82, 2.24) is 19.5 Å². The number of pyridine rings is 2. The molecule has 0 aliphatic carbocycles. The molecule has 3 heterocycles. The highest BCUT2D eigenvalue weighted by molar-refractivity contribution is 6.30. The molecular formula is C15H13ClN4O2. The molecule has 0 aliphatic rings. The van der Waals surface area contributed by atoms with Crippen molar-refractivity contribution in [3.05, 3.63) is 41.7 Å². The molecule has 0 bridgehead atoms. The number of aromatic nitrogens is 4. The number of carbonyl (C=O) groups excluding carboxylic acids is 1. The van der Waals surface area contributed by atoms with Crippen LogP contribution in [-0.4, -0.2) is 32.1 Å². The van der Waals surface area contributed by atoms with Crippen LogP contribution in [0.1, 0.15) is 6.92 Å². The summed E-state index contributed by atoms with van der Waals surface area (Å²) >= 11 is 6.02. The number of nitrogens with zero attached hydrogens (tertiary/aromatic N) is 4. The third-order valence-electron chi connectivity index (χ3n) is 3.05.